The Balaban J connectivity index is 2.11. The maximum atomic E-state index is 11.6. The molecule has 1 unspecified atom stereocenters. The van der Waals surface area contributed by atoms with Gasteiger partial charge in [0.25, 0.3) is 0 Å². The molecule has 1 heterocycles. The fourth-order valence-corrected chi connectivity index (χ4v) is 1.83. The molecule has 5 nitrogen and oxygen atoms in total. The lowest BCUT2D eigenvalue weighted by atomic mass is 10.1. The summed E-state index contributed by atoms with van der Waals surface area (Å²) in [6, 6.07) is 6.83. The van der Waals surface area contributed by atoms with Crippen LogP contribution in [0.1, 0.15) is 12.5 Å². The maximum absolute atomic E-state index is 11.6. The van der Waals surface area contributed by atoms with Crippen LogP contribution in [0.2, 0.25) is 0 Å². The number of aliphatic hydroxyl groups is 1. The number of hydrogen-bond acceptors (Lipinski definition) is 4. The van der Waals surface area contributed by atoms with Crippen molar-refractivity contribution >= 4 is 6.09 Å². The topological polar surface area (TPSA) is 70.0 Å². The van der Waals surface area contributed by atoms with Gasteiger partial charge in [-0.25, -0.2) is 4.79 Å². The molecule has 0 spiro atoms. The molecule has 0 aliphatic carbocycles. The van der Waals surface area contributed by atoms with Gasteiger partial charge in [-0.05, 0) is 13.0 Å². The number of rotatable bonds is 3. The van der Waals surface area contributed by atoms with Gasteiger partial charge in [0.2, 0.25) is 0 Å². The summed E-state index contributed by atoms with van der Waals surface area (Å²) in [6.45, 7) is 2.06. The van der Waals surface area contributed by atoms with Gasteiger partial charge in [0.15, 0.2) is 5.60 Å². The normalized spacial score (nSPS) is 23.9. The molecule has 1 aromatic rings. The second-order valence-corrected chi connectivity index (χ2v) is 4.46. The second kappa shape index (κ2) is 4.25. The largest absolute Gasteiger partial charge is 0.508 e. The van der Waals surface area contributed by atoms with Crippen molar-refractivity contribution in [3.8, 4) is 5.75 Å². The van der Waals surface area contributed by atoms with Gasteiger partial charge in [0, 0.05) is 5.56 Å². The van der Waals surface area contributed by atoms with Crippen molar-refractivity contribution in [1.29, 1.82) is 0 Å². The van der Waals surface area contributed by atoms with Gasteiger partial charge in [-0.2, -0.15) is 0 Å². The molecule has 1 atom stereocenters. The smallest absolute Gasteiger partial charge is 0.410 e. The Hall–Kier alpha value is -1.75. The number of aromatic hydroxyl groups is 1. The summed E-state index contributed by atoms with van der Waals surface area (Å²) in [5.74, 6) is 0.151. The number of ether oxygens (including phenoxy) is 1. The Morgan fingerprint density at radius 3 is 2.76 bits per heavy atom. The van der Waals surface area contributed by atoms with Crippen molar-refractivity contribution in [3.63, 3.8) is 0 Å². The molecule has 2 rings (SSSR count). The monoisotopic (exact) mass is 237 g/mol. The lowest BCUT2D eigenvalue weighted by molar-refractivity contribution is 0.0219. The summed E-state index contributed by atoms with van der Waals surface area (Å²) in [7, 11) is 0. The van der Waals surface area contributed by atoms with Crippen LogP contribution in [0.4, 0.5) is 4.79 Å². The van der Waals surface area contributed by atoms with E-state index >= 15 is 0 Å². The van der Waals surface area contributed by atoms with Crippen LogP contribution in [-0.4, -0.2) is 40.0 Å². The zero-order valence-electron chi connectivity index (χ0n) is 9.59. The van der Waals surface area contributed by atoms with E-state index in [9.17, 15) is 9.90 Å². The zero-order chi connectivity index (χ0) is 12.5. The minimum atomic E-state index is -0.846. The van der Waals surface area contributed by atoms with E-state index in [4.69, 9.17) is 9.84 Å². The van der Waals surface area contributed by atoms with E-state index in [-0.39, 0.29) is 18.9 Å². The van der Waals surface area contributed by atoms with Gasteiger partial charge in [-0.1, -0.05) is 18.2 Å². The molecule has 0 radical (unpaired) electrons. The molecule has 1 amide bonds. The lowest BCUT2D eigenvalue weighted by Gasteiger charge is -2.18. The molecule has 2 N–H and O–H groups in total. The number of carbonyl (C=O) groups excluding carboxylic acids is 1. The first-order chi connectivity index (χ1) is 8.04. The second-order valence-electron chi connectivity index (χ2n) is 4.46. The fraction of sp³-hybridized carbons (Fsp3) is 0.417. The first-order valence-corrected chi connectivity index (χ1v) is 5.40. The molecule has 0 aromatic heterocycles. The van der Waals surface area contributed by atoms with Crippen LogP contribution in [0.5, 0.6) is 5.75 Å². The molecule has 92 valence electrons. The molecule has 0 saturated carbocycles. The summed E-state index contributed by atoms with van der Waals surface area (Å²) < 4.78 is 5.08. The minimum Gasteiger partial charge on any atom is -0.508 e. The number of para-hydroxylation sites is 1. The Labute approximate surface area is 99.2 Å². The van der Waals surface area contributed by atoms with E-state index < -0.39 is 11.7 Å². The molecular formula is C12H15NO4. The Bertz CT molecular complexity index is 434. The Kier molecular flexibility index (Phi) is 2.93. The highest BCUT2D eigenvalue weighted by atomic mass is 16.6. The SMILES string of the molecule is CC1(CO)CN(Cc2ccccc2O)C(=O)O1. The van der Waals surface area contributed by atoms with Gasteiger partial charge in [-0.15, -0.1) is 0 Å². The third kappa shape index (κ3) is 2.34. The summed E-state index contributed by atoms with van der Waals surface area (Å²) in [4.78, 5) is 13.0. The van der Waals surface area contributed by atoms with E-state index in [0.717, 1.165) is 0 Å². The predicted octanol–water partition coefficient (Wildman–Crippen LogP) is 1.10. The molecule has 1 aliphatic heterocycles. The van der Waals surface area contributed by atoms with Crippen LogP contribution in [0.15, 0.2) is 24.3 Å². The minimum absolute atomic E-state index is 0.151. The molecular weight excluding hydrogens is 222 g/mol. The first-order valence-electron chi connectivity index (χ1n) is 5.40. The molecule has 17 heavy (non-hydrogen) atoms. The summed E-state index contributed by atoms with van der Waals surface area (Å²) in [6.07, 6.45) is -0.468. The Morgan fingerprint density at radius 1 is 1.47 bits per heavy atom. The number of nitrogens with zero attached hydrogens (tertiary/aromatic N) is 1. The summed E-state index contributed by atoms with van der Waals surface area (Å²) in [5.41, 5.74) is -0.187. The quantitative estimate of drug-likeness (QED) is 0.825. The number of benzene rings is 1. The maximum Gasteiger partial charge on any atom is 0.410 e. The van der Waals surface area contributed by atoms with Crippen molar-refractivity contribution in [2.24, 2.45) is 0 Å². The fourth-order valence-electron chi connectivity index (χ4n) is 1.83. The highest BCUT2D eigenvalue weighted by molar-refractivity contribution is 5.70. The number of phenolic OH excluding ortho intramolecular Hbond substituents is 1. The summed E-state index contributed by atoms with van der Waals surface area (Å²) >= 11 is 0. The number of amides is 1. The molecule has 1 saturated heterocycles. The molecule has 0 bridgehead atoms. The van der Waals surface area contributed by atoms with Gasteiger partial charge in [0.05, 0.1) is 19.7 Å². The molecule has 1 aliphatic rings. The number of cyclic esters (lactones) is 1. The third-order valence-corrected chi connectivity index (χ3v) is 2.80. The Morgan fingerprint density at radius 2 is 2.18 bits per heavy atom. The van der Waals surface area contributed by atoms with Crippen LogP contribution in [0, 0.1) is 0 Å². The average Bonchev–Trinajstić information content (AvgIpc) is 2.58. The number of phenols is 1. The van der Waals surface area contributed by atoms with E-state index in [1.165, 1.54) is 4.90 Å². The number of aliphatic hydroxyl groups excluding tert-OH is 1. The molecule has 1 fully saturated rings. The zero-order valence-corrected chi connectivity index (χ0v) is 9.59. The van der Waals surface area contributed by atoms with Crippen molar-refractivity contribution < 1.29 is 19.7 Å². The number of carbonyl (C=O) groups is 1. The average molecular weight is 237 g/mol. The molecule has 1 aromatic carbocycles. The van der Waals surface area contributed by atoms with E-state index in [2.05, 4.69) is 0 Å². The van der Waals surface area contributed by atoms with Gasteiger partial charge >= 0.3 is 6.09 Å². The van der Waals surface area contributed by atoms with E-state index in [1.807, 2.05) is 0 Å². The lowest BCUT2D eigenvalue weighted by Crippen LogP contribution is -2.34. The van der Waals surface area contributed by atoms with Crippen molar-refractivity contribution in [2.45, 2.75) is 19.1 Å². The van der Waals surface area contributed by atoms with Crippen molar-refractivity contribution in [1.82, 2.24) is 4.90 Å². The van der Waals surface area contributed by atoms with Crippen LogP contribution in [-0.2, 0) is 11.3 Å². The van der Waals surface area contributed by atoms with Crippen LogP contribution < -0.4 is 0 Å². The van der Waals surface area contributed by atoms with E-state index in [1.54, 1.807) is 31.2 Å². The predicted molar refractivity (Wildman–Crippen MR) is 60.5 cm³/mol. The van der Waals surface area contributed by atoms with Crippen molar-refractivity contribution in [3.05, 3.63) is 29.8 Å². The highest BCUT2D eigenvalue weighted by Crippen LogP contribution is 2.25. The van der Waals surface area contributed by atoms with Crippen LogP contribution >= 0.6 is 0 Å². The van der Waals surface area contributed by atoms with Crippen LogP contribution in [0.3, 0.4) is 0 Å². The molecule has 5 heteroatoms. The number of hydrogen-bond donors (Lipinski definition) is 2. The van der Waals surface area contributed by atoms with E-state index in [0.29, 0.717) is 12.1 Å². The van der Waals surface area contributed by atoms with Gasteiger partial charge < -0.3 is 14.9 Å². The standard InChI is InChI=1S/C12H15NO4/c1-12(8-14)7-13(11(16)17-12)6-9-4-2-3-5-10(9)15/h2-5,14-15H,6-8H2,1H3. The summed E-state index contributed by atoms with van der Waals surface area (Å²) in [5, 5.41) is 18.7. The van der Waals surface area contributed by atoms with Crippen LogP contribution in [0.25, 0.3) is 0 Å². The van der Waals surface area contributed by atoms with Gasteiger partial charge in [-0.3, -0.25) is 4.90 Å². The first kappa shape index (κ1) is 11.7. The highest BCUT2D eigenvalue weighted by Gasteiger charge is 2.40. The van der Waals surface area contributed by atoms with Crippen molar-refractivity contribution in [2.75, 3.05) is 13.2 Å². The van der Waals surface area contributed by atoms with Gasteiger partial charge in [0.1, 0.15) is 5.75 Å². The third-order valence-electron chi connectivity index (χ3n) is 2.80.